The Morgan fingerprint density at radius 3 is 2.58 bits per heavy atom. The van der Waals surface area contributed by atoms with Crippen molar-refractivity contribution >= 4 is 23.5 Å². The lowest BCUT2D eigenvalue weighted by Gasteiger charge is -2.36. The summed E-state index contributed by atoms with van der Waals surface area (Å²) in [5.74, 6) is 0.244. The molecule has 2 aliphatic heterocycles. The lowest BCUT2D eigenvalue weighted by atomic mass is 9.84. The fourth-order valence-electron chi connectivity index (χ4n) is 4.56. The zero-order valence-corrected chi connectivity index (χ0v) is 15.5. The van der Waals surface area contributed by atoms with E-state index in [4.69, 9.17) is 21.1 Å². The molecule has 0 aromatic heterocycles. The highest BCUT2D eigenvalue weighted by Crippen LogP contribution is 2.46. The van der Waals surface area contributed by atoms with Crippen LogP contribution in [0.1, 0.15) is 44.9 Å². The minimum atomic E-state index is -0.529. The van der Waals surface area contributed by atoms with Crippen LogP contribution in [-0.4, -0.2) is 41.6 Å². The Hall–Kier alpha value is -1.75. The molecular weight excluding hydrogens is 354 g/mol. The molecule has 2 heterocycles. The van der Waals surface area contributed by atoms with Gasteiger partial charge >= 0.3 is 5.97 Å². The van der Waals surface area contributed by atoms with Crippen molar-refractivity contribution in [3.05, 3.63) is 29.3 Å². The van der Waals surface area contributed by atoms with E-state index in [2.05, 4.69) is 0 Å². The third-order valence-corrected chi connectivity index (χ3v) is 6.27. The first-order valence-corrected chi connectivity index (χ1v) is 9.87. The van der Waals surface area contributed by atoms with Crippen LogP contribution in [0.25, 0.3) is 0 Å². The molecule has 1 saturated carbocycles. The molecule has 1 amide bonds. The summed E-state index contributed by atoms with van der Waals surface area (Å²) in [7, 11) is 0. The van der Waals surface area contributed by atoms with Crippen molar-refractivity contribution in [2.75, 3.05) is 13.1 Å². The lowest BCUT2D eigenvalue weighted by Crippen LogP contribution is -2.48. The van der Waals surface area contributed by atoms with Crippen LogP contribution in [0.2, 0.25) is 5.02 Å². The first-order valence-electron chi connectivity index (χ1n) is 9.49. The van der Waals surface area contributed by atoms with E-state index in [0.717, 1.165) is 38.5 Å². The average Bonchev–Trinajstić information content (AvgIpc) is 3.24. The van der Waals surface area contributed by atoms with Crippen LogP contribution in [-0.2, 0) is 14.3 Å². The number of esters is 1. The van der Waals surface area contributed by atoms with Gasteiger partial charge in [-0.1, -0.05) is 23.7 Å². The van der Waals surface area contributed by atoms with Crippen LogP contribution in [0, 0.1) is 5.92 Å². The molecule has 1 spiro atoms. The Morgan fingerprint density at radius 1 is 1.19 bits per heavy atom. The van der Waals surface area contributed by atoms with Gasteiger partial charge in [0.1, 0.15) is 17.5 Å². The number of halogens is 1. The second-order valence-corrected chi connectivity index (χ2v) is 7.98. The number of hydrogen-bond donors (Lipinski definition) is 0. The molecular formula is C20H24ClNO4. The zero-order valence-electron chi connectivity index (χ0n) is 14.8. The van der Waals surface area contributed by atoms with Crippen LogP contribution in [0.5, 0.6) is 5.75 Å². The van der Waals surface area contributed by atoms with Gasteiger partial charge in [0.05, 0.1) is 17.4 Å². The Morgan fingerprint density at radius 2 is 1.88 bits per heavy atom. The predicted octanol–water partition coefficient (Wildman–Crippen LogP) is 3.59. The van der Waals surface area contributed by atoms with Gasteiger partial charge in [0.25, 0.3) is 0 Å². The van der Waals surface area contributed by atoms with Gasteiger partial charge in [-0.05, 0) is 37.8 Å². The van der Waals surface area contributed by atoms with Crippen molar-refractivity contribution in [1.29, 1.82) is 0 Å². The molecule has 6 heteroatoms. The van der Waals surface area contributed by atoms with Gasteiger partial charge in [-0.3, -0.25) is 9.59 Å². The highest BCUT2D eigenvalue weighted by Gasteiger charge is 2.54. The van der Waals surface area contributed by atoms with Crippen molar-refractivity contribution in [2.24, 2.45) is 5.92 Å². The summed E-state index contributed by atoms with van der Waals surface area (Å²) < 4.78 is 11.6. The molecule has 140 valence electrons. The number of hydrogen-bond acceptors (Lipinski definition) is 4. The molecule has 0 N–H and O–H groups in total. The Labute approximate surface area is 158 Å². The van der Waals surface area contributed by atoms with Crippen LogP contribution in [0.4, 0.5) is 0 Å². The molecule has 0 radical (unpaired) electrons. The fourth-order valence-corrected chi connectivity index (χ4v) is 4.74. The van der Waals surface area contributed by atoms with Crippen LogP contribution in [0.15, 0.2) is 24.3 Å². The van der Waals surface area contributed by atoms with Crippen molar-refractivity contribution in [3.8, 4) is 5.75 Å². The van der Waals surface area contributed by atoms with Gasteiger partial charge in [-0.15, -0.1) is 0 Å². The van der Waals surface area contributed by atoms with Crippen LogP contribution < -0.4 is 4.74 Å². The molecule has 4 rings (SSSR count). The van der Waals surface area contributed by atoms with Crippen LogP contribution in [0.3, 0.4) is 0 Å². The fraction of sp³-hybridized carbons (Fsp3) is 0.600. The first-order chi connectivity index (χ1) is 12.6. The summed E-state index contributed by atoms with van der Waals surface area (Å²) in [6.45, 7) is 1.30. The van der Waals surface area contributed by atoms with Crippen molar-refractivity contribution in [3.63, 3.8) is 0 Å². The summed E-state index contributed by atoms with van der Waals surface area (Å²) in [6, 6.07) is 7.46. The average molecular weight is 378 g/mol. The summed E-state index contributed by atoms with van der Waals surface area (Å²) in [5, 5.41) is 0.607. The summed E-state index contributed by atoms with van der Waals surface area (Å²) in [5.41, 5.74) is -0.529. The topological polar surface area (TPSA) is 55.8 Å². The smallest absolute Gasteiger partial charge is 0.307 e. The normalized spacial score (nSPS) is 25.5. The minimum Gasteiger partial charge on any atom is -0.489 e. The van der Waals surface area contributed by atoms with Crippen molar-refractivity contribution in [2.45, 2.75) is 56.7 Å². The third kappa shape index (κ3) is 3.29. The molecule has 2 saturated heterocycles. The molecule has 26 heavy (non-hydrogen) atoms. The number of carbonyl (C=O) groups is 2. The molecule has 3 fully saturated rings. The van der Waals surface area contributed by atoms with Gasteiger partial charge in [-0.25, -0.2) is 0 Å². The number of benzene rings is 1. The molecule has 5 nitrogen and oxygen atoms in total. The standard InChI is InChI=1S/C20H24ClNO4/c21-16-5-1-2-6-17(16)25-14-7-11-22(12-8-14)19(24)15-13-18(23)26-20(15)9-3-4-10-20/h1-2,5-6,14-15H,3-4,7-13H2/t15-/m1/s1. The van der Waals surface area contributed by atoms with Gasteiger partial charge in [0.2, 0.25) is 5.91 Å². The van der Waals surface area contributed by atoms with E-state index in [-0.39, 0.29) is 30.3 Å². The highest BCUT2D eigenvalue weighted by atomic mass is 35.5. The molecule has 1 aliphatic carbocycles. The van der Waals surface area contributed by atoms with Crippen molar-refractivity contribution < 1.29 is 19.1 Å². The molecule has 1 aromatic carbocycles. The first kappa shape index (κ1) is 17.7. The van der Waals surface area contributed by atoms with E-state index in [0.29, 0.717) is 23.9 Å². The molecule has 0 bridgehead atoms. The quantitative estimate of drug-likeness (QED) is 0.755. The second kappa shape index (κ2) is 7.10. The van der Waals surface area contributed by atoms with E-state index in [9.17, 15) is 9.59 Å². The number of piperidine rings is 1. The summed E-state index contributed by atoms with van der Waals surface area (Å²) >= 11 is 6.16. The van der Waals surface area contributed by atoms with Crippen LogP contribution >= 0.6 is 11.6 Å². The zero-order chi connectivity index (χ0) is 18.1. The van der Waals surface area contributed by atoms with E-state index in [1.165, 1.54) is 0 Å². The number of carbonyl (C=O) groups excluding carboxylic acids is 2. The maximum atomic E-state index is 13.1. The van der Waals surface area contributed by atoms with E-state index < -0.39 is 5.60 Å². The maximum absolute atomic E-state index is 13.1. The number of para-hydroxylation sites is 1. The number of amides is 1. The van der Waals surface area contributed by atoms with Gasteiger partial charge < -0.3 is 14.4 Å². The lowest BCUT2D eigenvalue weighted by molar-refractivity contribution is -0.152. The van der Waals surface area contributed by atoms with E-state index in [1.54, 1.807) is 0 Å². The summed E-state index contributed by atoms with van der Waals surface area (Å²) in [4.78, 5) is 26.8. The number of ether oxygens (including phenoxy) is 2. The maximum Gasteiger partial charge on any atom is 0.307 e. The predicted molar refractivity (Wildman–Crippen MR) is 97.1 cm³/mol. The second-order valence-electron chi connectivity index (χ2n) is 7.58. The number of rotatable bonds is 3. The molecule has 3 aliphatic rings. The minimum absolute atomic E-state index is 0.0563. The van der Waals surface area contributed by atoms with Gasteiger partial charge in [0, 0.05) is 25.9 Å². The molecule has 0 unspecified atom stereocenters. The largest absolute Gasteiger partial charge is 0.489 e. The van der Waals surface area contributed by atoms with Crippen molar-refractivity contribution in [1.82, 2.24) is 4.90 Å². The number of nitrogens with zero attached hydrogens (tertiary/aromatic N) is 1. The van der Waals surface area contributed by atoms with Gasteiger partial charge in [0.15, 0.2) is 0 Å². The monoisotopic (exact) mass is 377 g/mol. The molecule has 1 aromatic rings. The SMILES string of the molecule is O=C1C[C@H](C(=O)N2CCC(Oc3ccccc3Cl)CC2)C2(CCCC2)O1. The van der Waals surface area contributed by atoms with Gasteiger partial charge in [-0.2, -0.15) is 0 Å². The highest BCUT2D eigenvalue weighted by molar-refractivity contribution is 6.32. The van der Waals surface area contributed by atoms with E-state index in [1.807, 2.05) is 29.2 Å². The number of likely N-dealkylation sites (tertiary alicyclic amines) is 1. The van der Waals surface area contributed by atoms with E-state index >= 15 is 0 Å². The summed E-state index contributed by atoms with van der Waals surface area (Å²) in [6.07, 6.45) is 5.53. The Bertz CT molecular complexity index is 693. The molecule has 1 atom stereocenters. The Kier molecular flexibility index (Phi) is 4.82. The third-order valence-electron chi connectivity index (χ3n) is 5.95. The Balaban J connectivity index is 1.36.